The van der Waals surface area contributed by atoms with Crippen LogP contribution in [0.15, 0.2) is 67.5 Å². The molecule has 4 rings (SSSR count). The number of nitriles is 1. The molecule has 0 saturated carbocycles. The van der Waals surface area contributed by atoms with Crippen LogP contribution in [0.4, 0.5) is 5.69 Å². The first-order valence-electron chi connectivity index (χ1n) is 12.7. The van der Waals surface area contributed by atoms with Gasteiger partial charge in [0.25, 0.3) is 0 Å². The van der Waals surface area contributed by atoms with Crippen molar-refractivity contribution in [3.05, 3.63) is 94.5 Å². The molecule has 1 fully saturated rings. The molecule has 9 heteroatoms. The number of benzene rings is 2. The fourth-order valence-corrected chi connectivity index (χ4v) is 4.63. The lowest BCUT2D eigenvalue weighted by atomic mass is 10.1. The lowest BCUT2D eigenvalue weighted by Crippen LogP contribution is -2.47. The maximum absolute atomic E-state index is 10.6. The first-order valence-corrected chi connectivity index (χ1v) is 13.4. The molecule has 1 aliphatic heterocycles. The van der Waals surface area contributed by atoms with Crippen molar-refractivity contribution >= 4 is 34.6 Å². The molecule has 1 aliphatic rings. The van der Waals surface area contributed by atoms with Crippen molar-refractivity contribution in [3.63, 3.8) is 0 Å². The predicted molar refractivity (Wildman–Crippen MR) is 155 cm³/mol. The van der Waals surface area contributed by atoms with Crippen LogP contribution in [0.1, 0.15) is 36.9 Å². The van der Waals surface area contributed by atoms with E-state index in [1.54, 1.807) is 24.5 Å². The zero-order valence-corrected chi connectivity index (χ0v) is 23.4. The number of aliphatic hydroxyl groups is 1. The Morgan fingerprint density at radius 1 is 1.05 bits per heavy atom. The van der Waals surface area contributed by atoms with Gasteiger partial charge < -0.3 is 14.9 Å². The summed E-state index contributed by atoms with van der Waals surface area (Å²) in [5.41, 5.74) is 3.64. The molecule has 2 heterocycles. The smallest absolute Gasteiger partial charge is 0.110 e. The Morgan fingerprint density at radius 2 is 1.74 bits per heavy atom. The number of aliphatic hydroxyl groups excluding tert-OH is 1. The molecule has 0 amide bonds. The lowest BCUT2D eigenvalue weighted by molar-refractivity contribution is 0.106. The van der Waals surface area contributed by atoms with Crippen LogP contribution < -0.4 is 4.90 Å². The van der Waals surface area contributed by atoms with Crippen molar-refractivity contribution in [2.45, 2.75) is 20.0 Å². The highest BCUT2D eigenvalue weighted by Gasteiger charge is 2.22. The third kappa shape index (κ3) is 8.17. The summed E-state index contributed by atoms with van der Waals surface area (Å²) < 4.78 is 0. The normalized spacial score (nSPS) is 14.2. The first kappa shape index (κ1) is 29.4. The molecule has 1 aromatic heterocycles. The molecule has 7 nitrogen and oxygen atoms in total. The number of hydrogen-bond acceptors (Lipinski definition) is 7. The van der Waals surface area contributed by atoms with Crippen molar-refractivity contribution in [2.24, 2.45) is 0 Å². The number of β-amino-alcohol motifs (C(OH)–C–C–N with tert-alkyl or cyclic N) is 1. The molecule has 1 saturated heterocycles. The highest BCUT2D eigenvalue weighted by molar-refractivity contribution is 6.33. The van der Waals surface area contributed by atoms with E-state index in [-0.39, 0.29) is 0 Å². The Bertz CT molecular complexity index is 1200. The monoisotopic (exact) mass is 552 g/mol. The molecular formula is C29H34Cl2N6O. The van der Waals surface area contributed by atoms with Crippen molar-refractivity contribution in [1.29, 1.82) is 5.26 Å². The van der Waals surface area contributed by atoms with Crippen LogP contribution >= 0.6 is 23.2 Å². The van der Waals surface area contributed by atoms with Crippen LogP contribution in [0.3, 0.4) is 0 Å². The van der Waals surface area contributed by atoms with Gasteiger partial charge in [0.1, 0.15) is 11.8 Å². The first-order chi connectivity index (χ1) is 18.4. The molecule has 0 radical (unpaired) electrons. The molecule has 0 bridgehead atoms. The Kier molecular flexibility index (Phi) is 11.4. The molecular weight excluding hydrogens is 519 g/mol. The number of nitrogens with zero attached hydrogens (tertiary/aromatic N) is 6. The quantitative estimate of drug-likeness (QED) is 0.394. The average Bonchev–Trinajstić information content (AvgIpc) is 2.95. The molecule has 200 valence electrons. The van der Waals surface area contributed by atoms with E-state index in [0.717, 1.165) is 61.4 Å². The van der Waals surface area contributed by atoms with E-state index in [4.69, 9.17) is 28.5 Å². The van der Waals surface area contributed by atoms with E-state index < -0.39 is 6.10 Å². The van der Waals surface area contributed by atoms with Crippen molar-refractivity contribution < 1.29 is 5.11 Å². The zero-order chi connectivity index (χ0) is 27.5. The maximum Gasteiger partial charge on any atom is 0.110 e. The highest BCUT2D eigenvalue weighted by atomic mass is 35.5. The standard InChI is InChI=1S/C23H29ClN6O.C6H5Cl/c1-4-29(5-2)17(3)20-14-27-21(15-26-20)23(31)16-28-8-10-30(11-9-28)22-7-6-18(13-25)12-19(22)24;7-6-4-2-1-3-5-6/h6-7,12,14-15,23,31H,3-5,8-11,16H2,1-2H3;1-5H. The summed E-state index contributed by atoms with van der Waals surface area (Å²) in [4.78, 5) is 15.4. The van der Waals surface area contributed by atoms with Crippen LogP contribution in [-0.4, -0.2) is 70.7 Å². The van der Waals surface area contributed by atoms with Gasteiger partial charge in [-0.3, -0.25) is 14.9 Å². The SMILES string of the molecule is C=C(c1cnc(C(O)CN2CCN(c3ccc(C#N)cc3Cl)CC2)cn1)N(CC)CC.Clc1ccccc1. The van der Waals surface area contributed by atoms with Crippen LogP contribution in [0.5, 0.6) is 0 Å². The molecule has 1 atom stereocenters. The van der Waals surface area contributed by atoms with Crippen LogP contribution in [-0.2, 0) is 0 Å². The molecule has 1 N–H and O–H groups in total. The fraction of sp³-hybridized carbons (Fsp3) is 0.345. The van der Waals surface area contributed by atoms with Gasteiger partial charge >= 0.3 is 0 Å². The van der Waals surface area contributed by atoms with Crippen molar-refractivity contribution in [3.8, 4) is 6.07 Å². The van der Waals surface area contributed by atoms with Gasteiger partial charge in [-0.15, -0.1) is 0 Å². The Morgan fingerprint density at radius 3 is 2.24 bits per heavy atom. The summed E-state index contributed by atoms with van der Waals surface area (Å²) in [7, 11) is 0. The molecule has 0 aliphatic carbocycles. The Hall–Kier alpha value is -3.15. The fourth-order valence-electron chi connectivity index (χ4n) is 4.18. The second-order valence-electron chi connectivity index (χ2n) is 8.82. The van der Waals surface area contributed by atoms with Crippen molar-refractivity contribution in [1.82, 2.24) is 19.8 Å². The van der Waals surface area contributed by atoms with Gasteiger partial charge in [0.15, 0.2) is 0 Å². The summed E-state index contributed by atoms with van der Waals surface area (Å²) in [6.45, 7) is 13.7. The van der Waals surface area contributed by atoms with Gasteiger partial charge in [-0.05, 0) is 44.2 Å². The van der Waals surface area contributed by atoms with E-state index in [2.05, 4.69) is 51.2 Å². The van der Waals surface area contributed by atoms with E-state index >= 15 is 0 Å². The molecule has 38 heavy (non-hydrogen) atoms. The van der Waals surface area contributed by atoms with E-state index in [0.29, 0.717) is 22.8 Å². The van der Waals surface area contributed by atoms with E-state index in [9.17, 15) is 5.11 Å². The number of anilines is 1. The Balaban J connectivity index is 0.000000494. The van der Waals surface area contributed by atoms with Crippen LogP contribution in [0.2, 0.25) is 10.0 Å². The lowest BCUT2D eigenvalue weighted by Gasteiger charge is -2.37. The topological polar surface area (TPSA) is 79.5 Å². The maximum atomic E-state index is 10.6. The largest absolute Gasteiger partial charge is 0.385 e. The van der Waals surface area contributed by atoms with Crippen LogP contribution in [0.25, 0.3) is 5.70 Å². The third-order valence-electron chi connectivity index (χ3n) is 6.41. The summed E-state index contributed by atoms with van der Waals surface area (Å²) >= 11 is 11.9. The average molecular weight is 554 g/mol. The molecule has 2 aromatic carbocycles. The van der Waals surface area contributed by atoms with E-state index in [1.807, 2.05) is 36.4 Å². The number of halogens is 2. The minimum Gasteiger partial charge on any atom is -0.385 e. The summed E-state index contributed by atoms with van der Waals surface area (Å²) in [6, 6.07) is 16.9. The van der Waals surface area contributed by atoms with Gasteiger partial charge in [-0.2, -0.15) is 5.26 Å². The van der Waals surface area contributed by atoms with Gasteiger partial charge in [0, 0.05) is 50.8 Å². The second kappa shape index (κ2) is 14.7. The molecule has 0 spiro atoms. The summed E-state index contributed by atoms with van der Waals surface area (Å²) in [5, 5.41) is 21.0. The summed E-state index contributed by atoms with van der Waals surface area (Å²) in [6.07, 6.45) is 2.62. The zero-order valence-electron chi connectivity index (χ0n) is 21.9. The number of piperazine rings is 1. The second-order valence-corrected chi connectivity index (χ2v) is 9.67. The van der Waals surface area contributed by atoms with Crippen LogP contribution in [0, 0.1) is 11.3 Å². The molecule has 3 aromatic rings. The minimum atomic E-state index is -0.701. The van der Waals surface area contributed by atoms with Crippen molar-refractivity contribution in [2.75, 3.05) is 50.7 Å². The summed E-state index contributed by atoms with van der Waals surface area (Å²) in [5.74, 6) is 0. The third-order valence-corrected chi connectivity index (χ3v) is 6.96. The number of aromatic nitrogens is 2. The number of rotatable bonds is 8. The molecule has 1 unspecified atom stereocenters. The van der Waals surface area contributed by atoms with E-state index in [1.165, 1.54) is 0 Å². The van der Waals surface area contributed by atoms with Gasteiger partial charge in [-0.25, -0.2) is 0 Å². The Labute approximate surface area is 235 Å². The van der Waals surface area contributed by atoms with Gasteiger partial charge in [0.05, 0.1) is 46.1 Å². The minimum absolute atomic E-state index is 0.500. The van der Waals surface area contributed by atoms with Gasteiger partial charge in [-0.1, -0.05) is 48.0 Å². The van der Waals surface area contributed by atoms with Gasteiger partial charge in [0.2, 0.25) is 0 Å². The highest BCUT2D eigenvalue weighted by Crippen LogP contribution is 2.28. The number of hydrogen-bond donors (Lipinski definition) is 1. The predicted octanol–water partition coefficient (Wildman–Crippen LogP) is 5.51.